The molecule has 0 aromatic heterocycles. The molecule has 0 heterocycles. The summed E-state index contributed by atoms with van der Waals surface area (Å²) in [7, 11) is 1.84. The molecule has 0 saturated heterocycles. The minimum absolute atomic E-state index is 0.539. The van der Waals surface area contributed by atoms with E-state index in [1.54, 1.807) is 0 Å². The van der Waals surface area contributed by atoms with Crippen molar-refractivity contribution >= 4 is 0 Å². The molecular formula is C12H23NO. The Morgan fingerprint density at radius 2 is 1.43 bits per heavy atom. The lowest BCUT2D eigenvalue weighted by molar-refractivity contribution is 0.0612. The highest BCUT2D eigenvalue weighted by Gasteiger charge is 2.24. The number of rotatable bonds is 3. The van der Waals surface area contributed by atoms with Crippen LogP contribution in [0.1, 0.15) is 51.4 Å². The number of ether oxygens (including phenoxy) is 1. The van der Waals surface area contributed by atoms with Crippen LogP contribution in [0.3, 0.4) is 0 Å². The molecule has 14 heavy (non-hydrogen) atoms. The van der Waals surface area contributed by atoms with Gasteiger partial charge >= 0.3 is 0 Å². The van der Waals surface area contributed by atoms with Crippen LogP contribution in [0.15, 0.2) is 0 Å². The molecule has 82 valence electrons. The minimum Gasteiger partial charge on any atom is -0.381 e. The molecule has 1 N–H and O–H groups in total. The molecule has 2 saturated carbocycles. The van der Waals surface area contributed by atoms with Crippen molar-refractivity contribution in [2.24, 2.45) is 0 Å². The fraction of sp³-hybridized carbons (Fsp3) is 1.00. The fourth-order valence-corrected chi connectivity index (χ4v) is 2.89. The summed E-state index contributed by atoms with van der Waals surface area (Å²) in [5, 5.41) is 3.81. The molecular weight excluding hydrogens is 174 g/mol. The molecule has 2 nitrogen and oxygen atoms in total. The van der Waals surface area contributed by atoms with Crippen LogP contribution in [0.25, 0.3) is 0 Å². The molecule has 0 radical (unpaired) electrons. The Kier molecular flexibility index (Phi) is 3.82. The normalized spacial score (nSPS) is 34.9. The fourth-order valence-electron chi connectivity index (χ4n) is 2.89. The van der Waals surface area contributed by atoms with Gasteiger partial charge in [0.25, 0.3) is 0 Å². The first-order chi connectivity index (χ1) is 6.88. The lowest BCUT2D eigenvalue weighted by atomic mass is 9.92. The van der Waals surface area contributed by atoms with Crippen LogP contribution in [0.4, 0.5) is 0 Å². The maximum Gasteiger partial charge on any atom is 0.0572 e. The van der Waals surface area contributed by atoms with Crippen molar-refractivity contribution in [3.63, 3.8) is 0 Å². The van der Waals surface area contributed by atoms with Crippen molar-refractivity contribution in [2.75, 3.05) is 7.11 Å². The zero-order valence-corrected chi connectivity index (χ0v) is 9.30. The van der Waals surface area contributed by atoms with Gasteiger partial charge in [-0.15, -0.1) is 0 Å². The van der Waals surface area contributed by atoms with Gasteiger partial charge in [-0.25, -0.2) is 0 Å². The van der Waals surface area contributed by atoms with E-state index in [4.69, 9.17) is 4.74 Å². The van der Waals surface area contributed by atoms with Gasteiger partial charge in [0.2, 0.25) is 0 Å². The molecule has 0 atom stereocenters. The monoisotopic (exact) mass is 197 g/mol. The van der Waals surface area contributed by atoms with Gasteiger partial charge in [-0.2, -0.15) is 0 Å². The van der Waals surface area contributed by atoms with E-state index in [0.29, 0.717) is 6.10 Å². The Morgan fingerprint density at radius 3 is 2.00 bits per heavy atom. The van der Waals surface area contributed by atoms with Crippen molar-refractivity contribution in [3.8, 4) is 0 Å². The van der Waals surface area contributed by atoms with Gasteiger partial charge < -0.3 is 10.1 Å². The minimum atomic E-state index is 0.539. The van der Waals surface area contributed by atoms with Gasteiger partial charge in [0.1, 0.15) is 0 Å². The predicted octanol–water partition coefficient (Wildman–Crippen LogP) is 2.48. The second kappa shape index (κ2) is 5.13. The number of hydrogen-bond donors (Lipinski definition) is 1. The summed E-state index contributed by atoms with van der Waals surface area (Å²) in [6.07, 6.45) is 11.4. The molecule has 0 amide bonds. The number of hydrogen-bond acceptors (Lipinski definition) is 2. The highest BCUT2D eigenvalue weighted by atomic mass is 16.5. The van der Waals surface area contributed by atoms with E-state index in [1.807, 2.05) is 7.11 Å². The van der Waals surface area contributed by atoms with E-state index in [1.165, 1.54) is 51.4 Å². The SMILES string of the molecule is COC1CCC(NC2CCCC2)CC1. The first-order valence-corrected chi connectivity index (χ1v) is 6.17. The third-order valence-corrected chi connectivity index (χ3v) is 3.83. The van der Waals surface area contributed by atoms with Gasteiger partial charge in [0, 0.05) is 19.2 Å². The Bertz CT molecular complexity index is 158. The van der Waals surface area contributed by atoms with Gasteiger partial charge in [0.05, 0.1) is 6.10 Å². The quantitative estimate of drug-likeness (QED) is 0.750. The lowest BCUT2D eigenvalue weighted by Crippen LogP contribution is -2.40. The zero-order valence-electron chi connectivity index (χ0n) is 9.30. The molecule has 0 bridgehead atoms. The molecule has 2 rings (SSSR count). The largest absolute Gasteiger partial charge is 0.381 e. The van der Waals surface area contributed by atoms with Crippen LogP contribution in [0, 0.1) is 0 Å². The average Bonchev–Trinajstić information content (AvgIpc) is 2.72. The van der Waals surface area contributed by atoms with Gasteiger partial charge in [0.15, 0.2) is 0 Å². The van der Waals surface area contributed by atoms with E-state index in [9.17, 15) is 0 Å². The van der Waals surface area contributed by atoms with E-state index in [-0.39, 0.29) is 0 Å². The molecule has 0 aromatic rings. The van der Waals surface area contributed by atoms with Crippen molar-refractivity contribution in [1.82, 2.24) is 5.32 Å². The van der Waals surface area contributed by atoms with Crippen LogP contribution in [0.2, 0.25) is 0 Å². The van der Waals surface area contributed by atoms with E-state index in [2.05, 4.69) is 5.32 Å². The van der Waals surface area contributed by atoms with Crippen molar-refractivity contribution in [2.45, 2.75) is 69.6 Å². The first-order valence-electron chi connectivity index (χ1n) is 6.17. The van der Waals surface area contributed by atoms with Gasteiger partial charge in [-0.3, -0.25) is 0 Å². The Balaban J connectivity index is 1.67. The maximum absolute atomic E-state index is 5.38. The second-order valence-corrected chi connectivity index (χ2v) is 4.86. The average molecular weight is 197 g/mol. The van der Waals surface area contributed by atoms with Crippen LogP contribution < -0.4 is 5.32 Å². The van der Waals surface area contributed by atoms with Crippen molar-refractivity contribution in [3.05, 3.63) is 0 Å². The Morgan fingerprint density at radius 1 is 0.857 bits per heavy atom. The lowest BCUT2D eigenvalue weighted by Gasteiger charge is -2.30. The highest BCUT2D eigenvalue weighted by Crippen LogP contribution is 2.24. The standard InChI is InChI=1S/C12H23NO/c1-14-12-8-6-11(7-9-12)13-10-4-2-3-5-10/h10-13H,2-9H2,1H3. The van der Waals surface area contributed by atoms with Crippen molar-refractivity contribution in [1.29, 1.82) is 0 Å². The summed E-state index contributed by atoms with van der Waals surface area (Å²) in [6, 6.07) is 1.61. The van der Waals surface area contributed by atoms with E-state index in [0.717, 1.165) is 12.1 Å². The van der Waals surface area contributed by atoms with E-state index >= 15 is 0 Å². The van der Waals surface area contributed by atoms with Crippen LogP contribution >= 0.6 is 0 Å². The van der Waals surface area contributed by atoms with Gasteiger partial charge in [-0.1, -0.05) is 12.8 Å². The second-order valence-electron chi connectivity index (χ2n) is 4.86. The summed E-state index contributed by atoms with van der Waals surface area (Å²) >= 11 is 0. The van der Waals surface area contributed by atoms with Crippen LogP contribution in [0.5, 0.6) is 0 Å². The molecule has 2 aliphatic rings. The first kappa shape index (κ1) is 10.4. The Labute approximate surface area is 87.4 Å². The molecule has 2 aliphatic carbocycles. The number of methoxy groups -OCH3 is 1. The summed E-state index contributed by atoms with van der Waals surface area (Å²) in [5.74, 6) is 0. The van der Waals surface area contributed by atoms with Crippen LogP contribution in [-0.2, 0) is 4.74 Å². The Hall–Kier alpha value is -0.0800. The third-order valence-electron chi connectivity index (χ3n) is 3.83. The zero-order chi connectivity index (χ0) is 9.80. The summed E-state index contributed by atoms with van der Waals surface area (Å²) < 4.78 is 5.38. The maximum atomic E-state index is 5.38. The van der Waals surface area contributed by atoms with Crippen LogP contribution in [-0.4, -0.2) is 25.3 Å². The van der Waals surface area contributed by atoms with E-state index < -0.39 is 0 Å². The molecule has 2 fully saturated rings. The third kappa shape index (κ3) is 2.71. The predicted molar refractivity (Wildman–Crippen MR) is 58.4 cm³/mol. The topological polar surface area (TPSA) is 21.3 Å². The summed E-state index contributed by atoms with van der Waals surface area (Å²) in [6.45, 7) is 0. The summed E-state index contributed by atoms with van der Waals surface area (Å²) in [4.78, 5) is 0. The molecule has 0 aromatic carbocycles. The van der Waals surface area contributed by atoms with Crippen molar-refractivity contribution < 1.29 is 4.74 Å². The molecule has 0 aliphatic heterocycles. The smallest absolute Gasteiger partial charge is 0.0572 e. The molecule has 0 spiro atoms. The van der Waals surface area contributed by atoms with Gasteiger partial charge in [-0.05, 0) is 38.5 Å². The molecule has 0 unspecified atom stereocenters. The highest BCUT2D eigenvalue weighted by molar-refractivity contribution is 4.82. The number of nitrogens with one attached hydrogen (secondary N) is 1. The molecule has 2 heteroatoms. The summed E-state index contributed by atoms with van der Waals surface area (Å²) in [5.41, 5.74) is 0.